The SMILES string of the molecule is CC(Nc1cc(=O)[nH]c(C(C)C)n1)C(N)=O. The molecule has 1 unspecified atom stereocenters. The van der Waals surface area contributed by atoms with Gasteiger partial charge in [-0.25, -0.2) is 4.98 Å². The fourth-order valence-electron chi connectivity index (χ4n) is 1.12. The summed E-state index contributed by atoms with van der Waals surface area (Å²) in [4.78, 5) is 29.0. The number of nitrogens with zero attached hydrogens (tertiary/aromatic N) is 1. The van der Waals surface area contributed by atoms with Crippen molar-refractivity contribution in [3.05, 3.63) is 22.2 Å². The van der Waals surface area contributed by atoms with Gasteiger partial charge in [0.15, 0.2) is 0 Å². The van der Waals surface area contributed by atoms with E-state index in [1.165, 1.54) is 6.07 Å². The maximum atomic E-state index is 11.3. The number of amides is 1. The molecule has 0 aliphatic rings. The summed E-state index contributed by atoms with van der Waals surface area (Å²) in [7, 11) is 0. The van der Waals surface area contributed by atoms with Crippen LogP contribution in [0.2, 0.25) is 0 Å². The second kappa shape index (κ2) is 4.78. The number of nitrogens with one attached hydrogen (secondary N) is 2. The Kier molecular flexibility index (Phi) is 3.65. The van der Waals surface area contributed by atoms with Crippen LogP contribution in [0.1, 0.15) is 32.5 Å². The van der Waals surface area contributed by atoms with Crippen LogP contribution >= 0.6 is 0 Å². The molecule has 0 bridgehead atoms. The van der Waals surface area contributed by atoms with Crippen molar-refractivity contribution in [2.24, 2.45) is 5.73 Å². The number of carbonyl (C=O) groups excluding carboxylic acids is 1. The zero-order valence-electron chi connectivity index (χ0n) is 9.57. The molecule has 1 atom stereocenters. The third-order valence-electron chi connectivity index (χ3n) is 2.10. The average molecular weight is 224 g/mol. The molecule has 0 saturated heterocycles. The highest BCUT2D eigenvalue weighted by Gasteiger charge is 2.10. The predicted molar refractivity (Wildman–Crippen MR) is 61.2 cm³/mol. The van der Waals surface area contributed by atoms with Crippen LogP contribution in [0.5, 0.6) is 0 Å². The van der Waals surface area contributed by atoms with E-state index in [-0.39, 0.29) is 11.5 Å². The minimum atomic E-state index is -0.561. The van der Waals surface area contributed by atoms with Crippen molar-refractivity contribution < 1.29 is 4.79 Å². The first kappa shape index (κ1) is 12.2. The minimum absolute atomic E-state index is 0.110. The largest absolute Gasteiger partial charge is 0.368 e. The van der Waals surface area contributed by atoms with Crippen molar-refractivity contribution >= 4 is 11.7 Å². The van der Waals surface area contributed by atoms with Gasteiger partial charge in [-0.2, -0.15) is 0 Å². The van der Waals surface area contributed by atoms with Crippen LogP contribution in [-0.4, -0.2) is 21.9 Å². The Bertz CT molecular complexity index is 439. The summed E-state index contributed by atoms with van der Waals surface area (Å²) in [6.45, 7) is 5.44. The quantitative estimate of drug-likeness (QED) is 0.679. The van der Waals surface area contributed by atoms with Gasteiger partial charge in [-0.1, -0.05) is 13.8 Å². The van der Waals surface area contributed by atoms with Crippen LogP contribution in [0.3, 0.4) is 0 Å². The van der Waals surface area contributed by atoms with Crippen LogP contribution in [0.15, 0.2) is 10.9 Å². The van der Waals surface area contributed by atoms with Gasteiger partial charge in [-0.3, -0.25) is 9.59 Å². The molecule has 1 heterocycles. The van der Waals surface area contributed by atoms with Gasteiger partial charge in [-0.15, -0.1) is 0 Å². The Morgan fingerprint density at radius 1 is 1.50 bits per heavy atom. The highest BCUT2D eigenvalue weighted by atomic mass is 16.1. The van der Waals surface area contributed by atoms with E-state index in [0.717, 1.165) is 0 Å². The van der Waals surface area contributed by atoms with Crippen LogP contribution in [-0.2, 0) is 4.79 Å². The van der Waals surface area contributed by atoms with Crippen molar-refractivity contribution in [1.29, 1.82) is 0 Å². The Morgan fingerprint density at radius 3 is 2.62 bits per heavy atom. The number of primary amides is 1. The molecule has 16 heavy (non-hydrogen) atoms. The summed E-state index contributed by atoms with van der Waals surface area (Å²) in [5.74, 6) is 0.553. The molecule has 0 radical (unpaired) electrons. The van der Waals surface area contributed by atoms with Gasteiger partial charge >= 0.3 is 0 Å². The molecule has 1 rings (SSSR count). The highest BCUT2D eigenvalue weighted by molar-refractivity contribution is 5.82. The van der Waals surface area contributed by atoms with E-state index in [0.29, 0.717) is 11.6 Å². The Balaban J connectivity index is 2.97. The second-order valence-electron chi connectivity index (χ2n) is 3.94. The number of hydrogen-bond acceptors (Lipinski definition) is 4. The molecule has 0 aliphatic carbocycles. The molecule has 0 aliphatic heterocycles. The van der Waals surface area contributed by atoms with Gasteiger partial charge in [0, 0.05) is 12.0 Å². The molecule has 1 amide bonds. The van der Waals surface area contributed by atoms with Crippen molar-refractivity contribution in [3.8, 4) is 0 Å². The van der Waals surface area contributed by atoms with E-state index >= 15 is 0 Å². The second-order valence-corrected chi connectivity index (χ2v) is 3.94. The maximum Gasteiger partial charge on any atom is 0.252 e. The van der Waals surface area contributed by atoms with Crippen molar-refractivity contribution in [2.75, 3.05) is 5.32 Å². The summed E-state index contributed by atoms with van der Waals surface area (Å²) in [5.41, 5.74) is 4.85. The number of aromatic amines is 1. The van der Waals surface area contributed by atoms with Crippen molar-refractivity contribution in [1.82, 2.24) is 9.97 Å². The fraction of sp³-hybridized carbons (Fsp3) is 0.500. The lowest BCUT2D eigenvalue weighted by molar-refractivity contribution is -0.118. The summed E-state index contributed by atoms with van der Waals surface area (Å²) in [6.07, 6.45) is 0. The molecule has 6 heteroatoms. The summed E-state index contributed by atoms with van der Waals surface area (Å²) < 4.78 is 0. The standard InChI is InChI=1S/C10H16N4O2/c1-5(2)10-13-7(4-8(15)14-10)12-6(3)9(11)16/h4-6H,1-3H3,(H2,11,16)(H2,12,13,14,15). The Morgan fingerprint density at radius 2 is 2.12 bits per heavy atom. The molecule has 0 aromatic carbocycles. The molecule has 0 fully saturated rings. The molecular weight excluding hydrogens is 208 g/mol. The topological polar surface area (TPSA) is 101 Å². The normalized spacial score (nSPS) is 12.5. The van der Waals surface area contributed by atoms with Gasteiger partial charge in [0.05, 0.1) is 0 Å². The summed E-state index contributed by atoms with van der Waals surface area (Å²) in [6, 6.07) is 0.736. The van der Waals surface area contributed by atoms with E-state index in [1.807, 2.05) is 13.8 Å². The molecule has 1 aromatic rings. The molecule has 0 spiro atoms. The molecular formula is C10H16N4O2. The Labute approximate surface area is 93.3 Å². The number of H-pyrrole nitrogens is 1. The fourth-order valence-corrected chi connectivity index (χ4v) is 1.12. The first-order chi connectivity index (χ1) is 7.40. The van der Waals surface area contributed by atoms with Gasteiger partial charge in [0.25, 0.3) is 5.56 Å². The van der Waals surface area contributed by atoms with Crippen molar-refractivity contribution in [2.45, 2.75) is 32.7 Å². The van der Waals surface area contributed by atoms with Crippen molar-refractivity contribution in [3.63, 3.8) is 0 Å². The van der Waals surface area contributed by atoms with Gasteiger partial charge < -0.3 is 16.0 Å². The maximum absolute atomic E-state index is 11.3. The first-order valence-corrected chi connectivity index (χ1v) is 5.07. The summed E-state index contributed by atoms with van der Waals surface area (Å²) in [5, 5.41) is 2.77. The number of nitrogens with two attached hydrogens (primary N) is 1. The number of carbonyl (C=O) groups is 1. The zero-order valence-corrected chi connectivity index (χ0v) is 9.57. The van der Waals surface area contributed by atoms with E-state index in [4.69, 9.17) is 5.73 Å². The highest BCUT2D eigenvalue weighted by Crippen LogP contribution is 2.09. The monoisotopic (exact) mass is 224 g/mol. The van der Waals surface area contributed by atoms with Crippen LogP contribution in [0, 0.1) is 0 Å². The molecule has 6 nitrogen and oxygen atoms in total. The first-order valence-electron chi connectivity index (χ1n) is 5.07. The number of anilines is 1. The van der Waals surface area contributed by atoms with E-state index in [2.05, 4.69) is 15.3 Å². The van der Waals surface area contributed by atoms with Crippen LogP contribution in [0.25, 0.3) is 0 Å². The molecule has 1 aromatic heterocycles. The average Bonchev–Trinajstić information content (AvgIpc) is 2.16. The summed E-state index contributed by atoms with van der Waals surface area (Å²) >= 11 is 0. The zero-order chi connectivity index (χ0) is 12.3. The van der Waals surface area contributed by atoms with Gasteiger partial charge in [0.1, 0.15) is 17.7 Å². The third-order valence-corrected chi connectivity index (χ3v) is 2.10. The lowest BCUT2D eigenvalue weighted by atomic mass is 10.2. The van der Waals surface area contributed by atoms with Crippen LogP contribution < -0.4 is 16.6 Å². The predicted octanol–water partition coefficient (Wildman–Crippen LogP) is 0.179. The smallest absolute Gasteiger partial charge is 0.252 e. The molecule has 88 valence electrons. The number of rotatable bonds is 4. The van der Waals surface area contributed by atoms with Gasteiger partial charge in [-0.05, 0) is 6.92 Å². The van der Waals surface area contributed by atoms with E-state index < -0.39 is 11.9 Å². The van der Waals surface area contributed by atoms with Crippen LogP contribution in [0.4, 0.5) is 5.82 Å². The Hall–Kier alpha value is -1.85. The molecule has 4 N–H and O–H groups in total. The lowest BCUT2D eigenvalue weighted by Gasteiger charge is -2.12. The minimum Gasteiger partial charge on any atom is -0.368 e. The lowest BCUT2D eigenvalue weighted by Crippen LogP contribution is -2.33. The number of hydrogen-bond donors (Lipinski definition) is 3. The van der Waals surface area contributed by atoms with Gasteiger partial charge in [0.2, 0.25) is 5.91 Å². The van der Waals surface area contributed by atoms with E-state index in [9.17, 15) is 9.59 Å². The number of aromatic nitrogens is 2. The third kappa shape index (κ3) is 3.08. The molecule has 0 saturated carbocycles. The van der Waals surface area contributed by atoms with E-state index in [1.54, 1.807) is 6.92 Å².